The SMILES string of the molecule is O=C1NCCC=C1C(=O)NCCC(=O)N1CCC(Cc2ccc(Cl)cc2)CC1. The number of nitrogens with zero attached hydrogens (tertiary/aromatic N) is 1. The van der Waals surface area contributed by atoms with Gasteiger partial charge in [-0.2, -0.15) is 0 Å². The van der Waals surface area contributed by atoms with E-state index in [-0.39, 0.29) is 30.4 Å². The first kappa shape index (κ1) is 20.4. The van der Waals surface area contributed by atoms with Crippen LogP contribution in [0.4, 0.5) is 0 Å². The molecule has 2 heterocycles. The second kappa shape index (κ2) is 9.73. The number of benzene rings is 1. The Kier molecular flexibility index (Phi) is 7.09. The molecule has 1 aromatic carbocycles. The molecule has 6 nitrogen and oxygen atoms in total. The molecule has 2 aliphatic heterocycles. The molecule has 0 spiro atoms. The van der Waals surface area contributed by atoms with Crippen LogP contribution in [-0.4, -0.2) is 48.8 Å². The van der Waals surface area contributed by atoms with Crippen LogP contribution in [0.2, 0.25) is 5.02 Å². The molecule has 7 heteroatoms. The molecule has 1 aromatic rings. The largest absolute Gasteiger partial charge is 0.352 e. The average molecular weight is 404 g/mol. The van der Waals surface area contributed by atoms with Crippen LogP contribution >= 0.6 is 11.6 Å². The predicted octanol–water partition coefficient (Wildman–Crippen LogP) is 2.07. The monoisotopic (exact) mass is 403 g/mol. The predicted molar refractivity (Wildman–Crippen MR) is 108 cm³/mol. The van der Waals surface area contributed by atoms with Crippen molar-refractivity contribution in [1.82, 2.24) is 15.5 Å². The first-order chi connectivity index (χ1) is 13.5. The molecular formula is C21H26ClN3O3. The summed E-state index contributed by atoms with van der Waals surface area (Å²) in [6, 6.07) is 7.95. The number of carbonyl (C=O) groups is 3. The number of rotatable bonds is 6. The van der Waals surface area contributed by atoms with Crippen LogP contribution in [0.1, 0.15) is 31.2 Å². The highest BCUT2D eigenvalue weighted by Crippen LogP contribution is 2.23. The Morgan fingerprint density at radius 3 is 2.57 bits per heavy atom. The van der Waals surface area contributed by atoms with Crippen LogP contribution in [0.25, 0.3) is 0 Å². The third-order valence-corrected chi connectivity index (χ3v) is 5.55. The molecule has 2 aliphatic rings. The number of likely N-dealkylation sites (tertiary alicyclic amines) is 1. The minimum atomic E-state index is -0.410. The van der Waals surface area contributed by atoms with Crippen LogP contribution < -0.4 is 10.6 Å². The maximum absolute atomic E-state index is 12.4. The number of nitrogens with one attached hydrogen (secondary N) is 2. The van der Waals surface area contributed by atoms with Gasteiger partial charge in [0.2, 0.25) is 5.91 Å². The van der Waals surface area contributed by atoms with E-state index in [1.54, 1.807) is 6.08 Å². The number of amides is 3. The van der Waals surface area contributed by atoms with Gasteiger partial charge in [-0.15, -0.1) is 0 Å². The molecule has 3 rings (SSSR count). The molecule has 150 valence electrons. The minimum absolute atomic E-state index is 0.0484. The quantitative estimate of drug-likeness (QED) is 0.714. The fourth-order valence-corrected chi connectivity index (χ4v) is 3.79. The molecule has 3 amide bonds. The van der Waals surface area contributed by atoms with Crippen LogP contribution in [0.5, 0.6) is 0 Å². The van der Waals surface area contributed by atoms with E-state index in [9.17, 15) is 14.4 Å². The lowest BCUT2D eigenvalue weighted by Crippen LogP contribution is -2.41. The van der Waals surface area contributed by atoms with Crippen LogP contribution in [-0.2, 0) is 20.8 Å². The van der Waals surface area contributed by atoms with E-state index in [0.717, 1.165) is 37.4 Å². The van der Waals surface area contributed by atoms with E-state index in [1.807, 2.05) is 17.0 Å². The highest BCUT2D eigenvalue weighted by molar-refractivity contribution is 6.30. The second-order valence-electron chi connectivity index (χ2n) is 7.32. The van der Waals surface area contributed by atoms with Gasteiger partial charge in [-0.1, -0.05) is 29.8 Å². The Morgan fingerprint density at radius 2 is 1.89 bits per heavy atom. The van der Waals surface area contributed by atoms with Crippen LogP contribution in [0, 0.1) is 5.92 Å². The summed E-state index contributed by atoms with van der Waals surface area (Å²) in [6.07, 6.45) is 5.51. The molecule has 1 saturated heterocycles. The summed E-state index contributed by atoms with van der Waals surface area (Å²) in [7, 11) is 0. The van der Waals surface area contributed by atoms with Crippen LogP contribution in [0.15, 0.2) is 35.9 Å². The topological polar surface area (TPSA) is 78.5 Å². The Morgan fingerprint density at radius 1 is 1.18 bits per heavy atom. The summed E-state index contributed by atoms with van der Waals surface area (Å²) in [4.78, 5) is 37.9. The maximum atomic E-state index is 12.4. The fraction of sp³-hybridized carbons (Fsp3) is 0.476. The molecule has 0 atom stereocenters. The molecule has 0 saturated carbocycles. The van der Waals surface area contributed by atoms with E-state index in [0.29, 0.717) is 18.9 Å². The van der Waals surface area contributed by atoms with E-state index in [1.165, 1.54) is 5.56 Å². The summed E-state index contributed by atoms with van der Waals surface area (Å²) in [5.74, 6) is -0.140. The zero-order valence-corrected chi connectivity index (χ0v) is 16.6. The van der Waals surface area contributed by atoms with E-state index < -0.39 is 5.91 Å². The molecule has 0 bridgehead atoms. The van der Waals surface area contributed by atoms with Crippen molar-refractivity contribution >= 4 is 29.3 Å². The number of halogens is 1. The molecule has 0 radical (unpaired) electrons. The summed E-state index contributed by atoms with van der Waals surface area (Å²) in [6.45, 7) is 2.30. The fourth-order valence-electron chi connectivity index (χ4n) is 3.66. The van der Waals surface area contributed by atoms with Gasteiger partial charge in [0.25, 0.3) is 11.8 Å². The van der Waals surface area contributed by atoms with Crippen molar-refractivity contribution < 1.29 is 14.4 Å². The van der Waals surface area contributed by atoms with E-state index in [2.05, 4.69) is 22.8 Å². The number of piperidine rings is 1. The van der Waals surface area contributed by atoms with Gasteiger partial charge in [-0.3, -0.25) is 14.4 Å². The Bertz CT molecular complexity index is 753. The van der Waals surface area contributed by atoms with Crippen molar-refractivity contribution in [3.05, 3.63) is 46.5 Å². The second-order valence-corrected chi connectivity index (χ2v) is 7.76. The first-order valence-electron chi connectivity index (χ1n) is 9.81. The lowest BCUT2D eigenvalue weighted by atomic mass is 9.90. The van der Waals surface area contributed by atoms with Crippen molar-refractivity contribution in [2.45, 2.75) is 32.1 Å². The number of hydrogen-bond donors (Lipinski definition) is 2. The third-order valence-electron chi connectivity index (χ3n) is 5.30. The third kappa shape index (κ3) is 5.58. The lowest BCUT2D eigenvalue weighted by Gasteiger charge is -2.32. The molecule has 0 unspecified atom stereocenters. The van der Waals surface area contributed by atoms with Crippen molar-refractivity contribution in [2.24, 2.45) is 5.92 Å². The van der Waals surface area contributed by atoms with Gasteiger partial charge in [0.1, 0.15) is 5.57 Å². The lowest BCUT2D eigenvalue weighted by molar-refractivity contribution is -0.132. The Balaban J connectivity index is 1.37. The van der Waals surface area contributed by atoms with Crippen molar-refractivity contribution in [3.8, 4) is 0 Å². The van der Waals surface area contributed by atoms with Crippen molar-refractivity contribution in [1.29, 1.82) is 0 Å². The summed E-state index contributed by atoms with van der Waals surface area (Å²) < 4.78 is 0. The zero-order chi connectivity index (χ0) is 19.9. The Hall–Kier alpha value is -2.34. The van der Waals surface area contributed by atoms with Crippen molar-refractivity contribution in [3.63, 3.8) is 0 Å². The standard InChI is InChI=1S/C21H26ClN3O3/c22-17-5-3-15(4-6-17)14-16-8-12-25(13-9-16)19(26)7-11-24-21(28)18-2-1-10-23-20(18)27/h2-6,16H,1,7-14H2,(H,23,27)(H,24,28). The molecule has 0 aliphatic carbocycles. The van der Waals surface area contributed by atoms with E-state index >= 15 is 0 Å². The summed E-state index contributed by atoms with van der Waals surface area (Å²) >= 11 is 5.93. The summed E-state index contributed by atoms with van der Waals surface area (Å²) in [5.41, 5.74) is 1.42. The van der Waals surface area contributed by atoms with Gasteiger partial charge in [0, 0.05) is 37.6 Å². The smallest absolute Gasteiger partial charge is 0.256 e. The van der Waals surface area contributed by atoms with Gasteiger partial charge in [0.05, 0.1) is 0 Å². The average Bonchev–Trinajstić information content (AvgIpc) is 2.70. The molecule has 2 N–H and O–H groups in total. The molecule has 0 aromatic heterocycles. The molecular weight excluding hydrogens is 378 g/mol. The van der Waals surface area contributed by atoms with E-state index in [4.69, 9.17) is 11.6 Å². The Labute approximate surface area is 170 Å². The zero-order valence-electron chi connectivity index (χ0n) is 15.9. The minimum Gasteiger partial charge on any atom is -0.352 e. The molecule has 1 fully saturated rings. The summed E-state index contributed by atoms with van der Waals surface area (Å²) in [5, 5.41) is 6.06. The number of carbonyl (C=O) groups excluding carboxylic acids is 3. The van der Waals surface area contributed by atoms with Gasteiger partial charge in [0.15, 0.2) is 0 Å². The van der Waals surface area contributed by atoms with Gasteiger partial charge in [-0.05, 0) is 49.3 Å². The maximum Gasteiger partial charge on any atom is 0.256 e. The highest BCUT2D eigenvalue weighted by Gasteiger charge is 2.24. The first-order valence-corrected chi connectivity index (χ1v) is 10.2. The molecule has 28 heavy (non-hydrogen) atoms. The van der Waals surface area contributed by atoms with Gasteiger partial charge >= 0.3 is 0 Å². The normalized spacial score (nSPS) is 17.7. The van der Waals surface area contributed by atoms with Gasteiger partial charge in [-0.25, -0.2) is 0 Å². The highest BCUT2D eigenvalue weighted by atomic mass is 35.5. The van der Waals surface area contributed by atoms with Gasteiger partial charge < -0.3 is 15.5 Å². The van der Waals surface area contributed by atoms with Crippen LogP contribution in [0.3, 0.4) is 0 Å². The number of hydrogen-bond acceptors (Lipinski definition) is 3. The van der Waals surface area contributed by atoms with Crippen molar-refractivity contribution in [2.75, 3.05) is 26.2 Å².